The number of piperidine rings is 1. The number of nitrogens with zero attached hydrogens (tertiary/aromatic N) is 2. The number of aliphatic carboxylic acids is 1. The van der Waals surface area contributed by atoms with Gasteiger partial charge in [-0.3, -0.25) is 9.69 Å². The molecule has 2 aliphatic rings. The fraction of sp³-hybridized carbons (Fsp3) is 0.667. The van der Waals surface area contributed by atoms with Crippen molar-refractivity contribution in [2.75, 3.05) is 26.2 Å². The molecule has 94 valence electrons. The Kier molecular flexibility index (Phi) is 3.78. The second kappa shape index (κ2) is 5.31. The molecule has 2 saturated heterocycles. The Hall–Kier alpha value is -1.36. The average molecular weight is 238 g/mol. The lowest BCUT2D eigenvalue weighted by atomic mass is 9.99. The van der Waals surface area contributed by atoms with Crippen LogP contribution in [0.3, 0.4) is 0 Å². The van der Waals surface area contributed by atoms with Crippen LogP contribution >= 0.6 is 0 Å². The third-order valence-corrected chi connectivity index (χ3v) is 3.52. The van der Waals surface area contributed by atoms with E-state index in [9.17, 15) is 9.59 Å². The fourth-order valence-electron chi connectivity index (χ4n) is 2.60. The van der Waals surface area contributed by atoms with Crippen LogP contribution in [0.1, 0.15) is 19.3 Å². The maximum Gasteiger partial charge on any atom is 0.328 e. The van der Waals surface area contributed by atoms with E-state index in [1.807, 2.05) is 0 Å². The molecule has 1 unspecified atom stereocenters. The number of carboxylic acids is 1. The Morgan fingerprint density at radius 2 is 1.94 bits per heavy atom. The van der Waals surface area contributed by atoms with Gasteiger partial charge in [0.05, 0.1) is 0 Å². The SMILES string of the molecule is O=C(O)C=CC(=O)N1CCN2CCCCC2C1. The van der Waals surface area contributed by atoms with Gasteiger partial charge in [0.25, 0.3) is 0 Å². The molecule has 1 amide bonds. The van der Waals surface area contributed by atoms with Crippen molar-refractivity contribution in [1.29, 1.82) is 0 Å². The average Bonchev–Trinajstić information content (AvgIpc) is 2.35. The quantitative estimate of drug-likeness (QED) is 0.704. The minimum Gasteiger partial charge on any atom is -0.478 e. The number of fused-ring (bicyclic) bond motifs is 1. The minimum atomic E-state index is -1.07. The first-order valence-corrected chi connectivity index (χ1v) is 6.11. The first-order valence-electron chi connectivity index (χ1n) is 6.11. The van der Waals surface area contributed by atoms with Gasteiger partial charge in [-0.15, -0.1) is 0 Å². The number of piperazine rings is 1. The summed E-state index contributed by atoms with van der Waals surface area (Å²) in [7, 11) is 0. The lowest BCUT2D eigenvalue weighted by Crippen LogP contribution is -2.55. The van der Waals surface area contributed by atoms with Gasteiger partial charge in [0, 0.05) is 37.8 Å². The van der Waals surface area contributed by atoms with E-state index in [0.29, 0.717) is 12.6 Å². The van der Waals surface area contributed by atoms with Gasteiger partial charge in [-0.2, -0.15) is 0 Å². The predicted octanol–water partition coefficient (Wildman–Crippen LogP) is 0.324. The summed E-state index contributed by atoms with van der Waals surface area (Å²) in [4.78, 5) is 26.3. The number of carboxylic acid groups (broad SMARTS) is 1. The van der Waals surface area contributed by atoms with Crippen LogP contribution in [0.2, 0.25) is 0 Å². The first kappa shape index (κ1) is 12.1. The number of carbonyl (C=O) groups excluding carboxylic acids is 1. The molecule has 0 bridgehead atoms. The van der Waals surface area contributed by atoms with E-state index in [4.69, 9.17) is 5.11 Å². The summed E-state index contributed by atoms with van der Waals surface area (Å²) in [6, 6.07) is 0.472. The van der Waals surface area contributed by atoms with E-state index in [1.165, 1.54) is 12.8 Å². The summed E-state index contributed by atoms with van der Waals surface area (Å²) in [6.07, 6.45) is 5.69. The molecule has 0 aromatic carbocycles. The molecule has 2 fully saturated rings. The Bertz CT molecular complexity index is 341. The first-order chi connectivity index (χ1) is 8.16. The normalized spacial score (nSPS) is 25.9. The van der Waals surface area contributed by atoms with Crippen LogP contribution in [0.4, 0.5) is 0 Å². The van der Waals surface area contributed by atoms with E-state index >= 15 is 0 Å². The Morgan fingerprint density at radius 1 is 1.12 bits per heavy atom. The Balaban J connectivity index is 1.90. The fourth-order valence-corrected chi connectivity index (χ4v) is 2.60. The Labute approximate surface area is 101 Å². The van der Waals surface area contributed by atoms with Gasteiger partial charge < -0.3 is 10.0 Å². The third-order valence-electron chi connectivity index (χ3n) is 3.52. The van der Waals surface area contributed by atoms with Crippen LogP contribution < -0.4 is 0 Å². The maximum atomic E-state index is 11.7. The standard InChI is InChI=1S/C12H18N2O3/c15-11(4-5-12(16)17)14-8-7-13-6-2-1-3-10(13)9-14/h4-5,10H,1-3,6-9H2,(H,16,17). The van der Waals surface area contributed by atoms with Gasteiger partial charge in [0.1, 0.15) is 0 Å². The van der Waals surface area contributed by atoms with Crippen LogP contribution in [0.15, 0.2) is 12.2 Å². The van der Waals surface area contributed by atoms with Crippen molar-refractivity contribution in [3.8, 4) is 0 Å². The number of rotatable bonds is 2. The zero-order valence-electron chi connectivity index (χ0n) is 9.84. The van der Waals surface area contributed by atoms with Crippen LogP contribution in [0.5, 0.6) is 0 Å². The monoisotopic (exact) mass is 238 g/mol. The van der Waals surface area contributed by atoms with Crippen LogP contribution in [0.25, 0.3) is 0 Å². The van der Waals surface area contributed by atoms with Gasteiger partial charge >= 0.3 is 5.97 Å². The molecule has 2 heterocycles. The molecule has 17 heavy (non-hydrogen) atoms. The molecule has 0 aliphatic carbocycles. The van der Waals surface area contributed by atoms with E-state index in [2.05, 4.69) is 4.90 Å². The molecule has 0 aromatic rings. The number of amides is 1. The van der Waals surface area contributed by atoms with E-state index in [1.54, 1.807) is 4.90 Å². The van der Waals surface area contributed by atoms with E-state index in [-0.39, 0.29) is 5.91 Å². The molecule has 1 N–H and O–H groups in total. The molecular formula is C12H18N2O3. The molecular weight excluding hydrogens is 220 g/mol. The van der Waals surface area contributed by atoms with Gasteiger partial charge in [0.2, 0.25) is 5.91 Å². The highest BCUT2D eigenvalue weighted by Gasteiger charge is 2.30. The van der Waals surface area contributed by atoms with Gasteiger partial charge in [0.15, 0.2) is 0 Å². The van der Waals surface area contributed by atoms with Crippen molar-refractivity contribution in [3.05, 3.63) is 12.2 Å². The number of hydrogen-bond donors (Lipinski definition) is 1. The number of hydrogen-bond acceptors (Lipinski definition) is 3. The summed E-state index contributed by atoms with van der Waals surface area (Å²) in [5, 5.41) is 8.48. The highest BCUT2D eigenvalue weighted by Crippen LogP contribution is 2.21. The van der Waals surface area contributed by atoms with Crippen molar-refractivity contribution < 1.29 is 14.7 Å². The maximum absolute atomic E-state index is 11.7. The van der Waals surface area contributed by atoms with Crippen molar-refractivity contribution in [2.45, 2.75) is 25.3 Å². The molecule has 2 aliphatic heterocycles. The second-order valence-corrected chi connectivity index (χ2v) is 4.64. The van der Waals surface area contributed by atoms with Gasteiger partial charge in [-0.25, -0.2) is 4.79 Å². The predicted molar refractivity (Wildman–Crippen MR) is 62.6 cm³/mol. The van der Waals surface area contributed by atoms with Gasteiger partial charge in [-0.05, 0) is 19.4 Å². The molecule has 0 radical (unpaired) electrons. The molecule has 5 nitrogen and oxygen atoms in total. The lowest BCUT2D eigenvalue weighted by molar-refractivity contribution is -0.133. The summed E-state index contributed by atoms with van der Waals surface area (Å²) in [5.41, 5.74) is 0. The molecule has 0 saturated carbocycles. The molecule has 0 spiro atoms. The minimum absolute atomic E-state index is 0.183. The second-order valence-electron chi connectivity index (χ2n) is 4.64. The van der Waals surface area contributed by atoms with Crippen molar-refractivity contribution in [3.63, 3.8) is 0 Å². The van der Waals surface area contributed by atoms with E-state index < -0.39 is 5.97 Å². The van der Waals surface area contributed by atoms with Crippen LogP contribution in [-0.2, 0) is 9.59 Å². The van der Waals surface area contributed by atoms with E-state index in [0.717, 1.165) is 38.2 Å². The molecule has 5 heteroatoms. The lowest BCUT2D eigenvalue weighted by Gasteiger charge is -2.43. The highest BCUT2D eigenvalue weighted by molar-refractivity contribution is 5.93. The van der Waals surface area contributed by atoms with Crippen molar-refractivity contribution in [1.82, 2.24) is 9.80 Å². The van der Waals surface area contributed by atoms with Crippen LogP contribution in [0, 0.1) is 0 Å². The third kappa shape index (κ3) is 3.06. The summed E-state index contributed by atoms with van der Waals surface area (Å²) < 4.78 is 0. The smallest absolute Gasteiger partial charge is 0.328 e. The number of carbonyl (C=O) groups is 2. The zero-order chi connectivity index (χ0) is 12.3. The van der Waals surface area contributed by atoms with Crippen molar-refractivity contribution >= 4 is 11.9 Å². The zero-order valence-corrected chi connectivity index (χ0v) is 9.84. The largest absolute Gasteiger partial charge is 0.478 e. The topological polar surface area (TPSA) is 60.9 Å². The molecule has 1 atom stereocenters. The van der Waals surface area contributed by atoms with Crippen molar-refractivity contribution in [2.24, 2.45) is 0 Å². The van der Waals surface area contributed by atoms with Crippen LogP contribution in [-0.4, -0.2) is 59.0 Å². The highest BCUT2D eigenvalue weighted by atomic mass is 16.4. The summed E-state index contributed by atoms with van der Waals surface area (Å²) >= 11 is 0. The molecule has 2 rings (SSSR count). The van der Waals surface area contributed by atoms with Gasteiger partial charge in [-0.1, -0.05) is 6.42 Å². The Morgan fingerprint density at radius 3 is 2.71 bits per heavy atom. The summed E-state index contributed by atoms with van der Waals surface area (Å²) in [5.74, 6) is -1.26. The summed E-state index contributed by atoms with van der Waals surface area (Å²) in [6.45, 7) is 3.50. The molecule has 0 aromatic heterocycles.